The molecule has 4 rings (SSSR count). The van der Waals surface area contributed by atoms with Crippen LogP contribution in [0.5, 0.6) is 17.2 Å². The van der Waals surface area contributed by atoms with E-state index in [1.807, 2.05) is 0 Å². The van der Waals surface area contributed by atoms with Crippen molar-refractivity contribution in [3.8, 4) is 17.2 Å². The summed E-state index contributed by atoms with van der Waals surface area (Å²) in [6.07, 6.45) is 2.60. The van der Waals surface area contributed by atoms with Crippen LogP contribution in [0.15, 0.2) is 59.7 Å². The Hall–Kier alpha value is -4.41. The predicted molar refractivity (Wildman–Crippen MR) is 119 cm³/mol. The fourth-order valence-electron chi connectivity index (χ4n) is 3.27. The molecular formula is C24H18F4N4O3. The summed E-state index contributed by atoms with van der Waals surface area (Å²) < 4.78 is 66.1. The van der Waals surface area contributed by atoms with Crippen molar-refractivity contribution in [1.82, 2.24) is 14.5 Å². The third-order valence-corrected chi connectivity index (χ3v) is 4.96. The van der Waals surface area contributed by atoms with Gasteiger partial charge in [0.2, 0.25) is 17.6 Å². The van der Waals surface area contributed by atoms with Crippen LogP contribution in [0.4, 0.5) is 29.2 Å². The Kier molecular flexibility index (Phi) is 6.67. The van der Waals surface area contributed by atoms with E-state index in [1.54, 1.807) is 25.1 Å². The maximum absolute atomic E-state index is 13.7. The Morgan fingerprint density at radius 3 is 2.37 bits per heavy atom. The molecule has 0 amide bonds. The normalized spacial score (nSPS) is 10.8. The van der Waals surface area contributed by atoms with Crippen molar-refractivity contribution in [2.75, 3.05) is 12.4 Å². The van der Waals surface area contributed by atoms with E-state index in [4.69, 9.17) is 9.47 Å². The average molecular weight is 486 g/mol. The number of aromatic nitrogens is 3. The number of anilines is 2. The molecule has 2 aromatic heterocycles. The molecule has 0 unspecified atom stereocenters. The van der Waals surface area contributed by atoms with Gasteiger partial charge in [-0.2, -0.15) is 9.37 Å². The lowest BCUT2D eigenvalue weighted by atomic mass is 10.2. The van der Waals surface area contributed by atoms with Gasteiger partial charge in [0, 0.05) is 18.0 Å². The number of hydrogen-bond donors (Lipinski definition) is 1. The van der Waals surface area contributed by atoms with Crippen LogP contribution < -0.4 is 20.3 Å². The summed E-state index contributed by atoms with van der Waals surface area (Å²) in [5.41, 5.74) is 0.662. The van der Waals surface area contributed by atoms with E-state index < -0.39 is 29.0 Å². The summed E-state index contributed by atoms with van der Waals surface area (Å²) in [6, 6.07) is 9.30. The lowest BCUT2D eigenvalue weighted by Crippen LogP contribution is -2.19. The minimum Gasteiger partial charge on any atom is -0.490 e. The predicted octanol–water partition coefficient (Wildman–Crippen LogP) is 5.10. The summed E-state index contributed by atoms with van der Waals surface area (Å²) in [7, 11) is 1.28. The molecular weight excluding hydrogens is 468 g/mol. The van der Waals surface area contributed by atoms with Gasteiger partial charge in [0.25, 0.3) is 0 Å². The van der Waals surface area contributed by atoms with Gasteiger partial charge in [-0.15, -0.1) is 0 Å². The van der Waals surface area contributed by atoms with Gasteiger partial charge in [-0.05, 0) is 54.4 Å². The average Bonchev–Trinajstić information content (AvgIpc) is 2.80. The van der Waals surface area contributed by atoms with Crippen molar-refractivity contribution < 1.29 is 27.0 Å². The molecule has 0 bridgehead atoms. The smallest absolute Gasteiger partial charge is 0.316 e. The Morgan fingerprint density at radius 2 is 1.71 bits per heavy atom. The Balaban J connectivity index is 1.64. The second-order valence-electron chi connectivity index (χ2n) is 7.46. The molecule has 0 saturated carbocycles. The Bertz CT molecular complexity index is 1440. The zero-order valence-corrected chi connectivity index (χ0v) is 18.5. The highest BCUT2D eigenvalue weighted by Crippen LogP contribution is 2.28. The highest BCUT2D eigenvalue weighted by molar-refractivity contribution is 5.60. The second-order valence-corrected chi connectivity index (χ2v) is 7.46. The van der Waals surface area contributed by atoms with Crippen LogP contribution >= 0.6 is 0 Å². The zero-order chi connectivity index (χ0) is 25.1. The van der Waals surface area contributed by atoms with E-state index in [0.29, 0.717) is 17.0 Å². The molecule has 1 N–H and O–H groups in total. The van der Waals surface area contributed by atoms with Gasteiger partial charge < -0.3 is 19.4 Å². The topological polar surface area (TPSA) is 78.3 Å². The number of hydrogen-bond acceptors (Lipinski definition) is 6. The fourth-order valence-corrected chi connectivity index (χ4v) is 3.27. The van der Waals surface area contributed by atoms with Gasteiger partial charge in [0.15, 0.2) is 17.5 Å². The highest BCUT2D eigenvalue weighted by atomic mass is 19.2. The van der Waals surface area contributed by atoms with Crippen molar-refractivity contribution in [2.45, 2.75) is 13.5 Å². The molecule has 11 heteroatoms. The van der Waals surface area contributed by atoms with Crippen molar-refractivity contribution >= 4 is 11.6 Å². The molecule has 35 heavy (non-hydrogen) atoms. The van der Waals surface area contributed by atoms with Crippen LogP contribution in [0.1, 0.15) is 11.1 Å². The number of rotatable bonds is 7. The molecule has 0 spiro atoms. The minimum atomic E-state index is -1.57. The quantitative estimate of drug-likeness (QED) is 0.223. The fraction of sp³-hybridized carbons (Fsp3) is 0.125. The number of halogens is 4. The molecule has 0 atom stereocenters. The van der Waals surface area contributed by atoms with Gasteiger partial charge in [-0.1, -0.05) is 0 Å². The van der Waals surface area contributed by atoms with E-state index >= 15 is 0 Å². The summed E-state index contributed by atoms with van der Waals surface area (Å²) in [5.74, 6) is -4.28. The van der Waals surface area contributed by atoms with Gasteiger partial charge in [-0.3, -0.25) is 4.79 Å². The van der Waals surface area contributed by atoms with E-state index in [9.17, 15) is 22.4 Å². The maximum Gasteiger partial charge on any atom is 0.316 e. The molecule has 7 nitrogen and oxygen atoms in total. The van der Waals surface area contributed by atoms with Crippen LogP contribution in [-0.2, 0) is 6.54 Å². The van der Waals surface area contributed by atoms with Gasteiger partial charge in [0.05, 0.1) is 19.9 Å². The SMILES string of the molecule is COc1cn(Cc2cc(F)c(F)c(F)c2)c(Nc2ccc(Oc3ccnc(F)c3)cc2C)nc1=O. The summed E-state index contributed by atoms with van der Waals surface area (Å²) in [5, 5.41) is 3.00. The number of benzene rings is 2. The number of nitrogens with zero attached hydrogens (tertiary/aromatic N) is 3. The van der Waals surface area contributed by atoms with E-state index in [0.717, 1.165) is 18.2 Å². The maximum atomic E-state index is 13.7. The number of ether oxygens (including phenoxy) is 2. The standard InChI is InChI=1S/C24H18F4N4O3/c1-13-7-15(35-16-5-6-29-21(27)10-16)3-4-19(13)30-24-31-23(33)20(34-2)12-32(24)11-14-8-17(25)22(28)18(26)9-14/h3-10,12H,11H2,1-2H3,(H,30,31,33). The largest absolute Gasteiger partial charge is 0.490 e. The zero-order valence-electron chi connectivity index (χ0n) is 18.5. The first-order valence-electron chi connectivity index (χ1n) is 10.2. The molecule has 0 fully saturated rings. The van der Waals surface area contributed by atoms with Crippen molar-refractivity contribution in [3.63, 3.8) is 0 Å². The van der Waals surface area contributed by atoms with Gasteiger partial charge in [-0.25, -0.2) is 18.2 Å². The van der Waals surface area contributed by atoms with Crippen LogP contribution in [0.2, 0.25) is 0 Å². The Morgan fingerprint density at radius 1 is 1.00 bits per heavy atom. The lowest BCUT2D eigenvalue weighted by molar-refractivity contribution is 0.402. The monoisotopic (exact) mass is 486 g/mol. The number of pyridine rings is 1. The van der Waals surface area contributed by atoms with Crippen molar-refractivity contribution in [1.29, 1.82) is 0 Å². The molecule has 0 saturated heterocycles. The molecule has 180 valence electrons. The molecule has 0 aliphatic heterocycles. The van der Waals surface area contributed by atoms with Crippen molar-refractivity contribution in [3.05, 3.63) is 99.7 Å². The van der Waals surface area contributed by atoms with E-state index in [1.165, 1.54) is 30.1 Å². The molecule has 0 aliphatic rings. The number of nitrogens with one attached hydrogen (secondary N) is 1. The van der Waals surface area contributed by atoms with Crippen LogP contribution in [0.25, 0.3) is 0 Å². The third-order valence-electron chi connectivity index (χ3n) is 4.96. The molecule has 0 aliphatic carbocycles. The van der Waals surface area contributed by atoms with Crippen LogP contribution in [-0.4, -0.2) is 21.6 Å². The van der Waals surface area contributed by atoms with Gasteiger partial charge in [0.1, 0.15) is 11.5 Å². The first kappa shape index (κ1) is 23.7. The Labute approximate surface area is 196 Å². The number of aryl methyl sites for hydroxylation is 1. The summed E-state index contributed by atoms with van der Waals surface area (Å²) >= 11 is 0. The van der Waals surface area contributed by atoms with E-state index in [-0.39, 0.29) is 29.6 Å². The number of methoxy groups -OCH3 is 1. The molecule has 4 aromatic rings. The lowest BCUT2D eigenvalue weighted by Gasteiger charge is -2.17. The minimum absolute atomic E-state index is 0.0499. The molecule has 2 heterocycles. The third kappa shape index (κ3) is 5.40. The highest BCUT2D eigenvalue weighted by Gasteiger charge is 2.15. The summed E-state index contributed by atoms with van der Waals surface area (Å²) in [4.78, 5) is 19.7. The summed E-state index contributed by atoms with van der Waals surface area (Å²) in [6.45, 7) is 1.62. The first-order chi connectivity index (χ1) is 16.7. The van der Waals surface area contributed by atoms with Gasteiger partial charge >= 0.3 is 5.56 Å². The second kappa shape index (κ2) is 9.84. The van der Waals surface area contributed by atoms with Crippen LogP contribution in [0.3, 0.4) is 0 Å². The van der Waals surface area contributed by atoms with E-state index in [2.05, 4.69) is 15.3 Å². The first-order valence-corrected chi connectivity index (χ1v) is 10.2. The van der Waals surface area contributed by atoms with Crippen LogP contribution in [0, 0.1) is 30.3 Å². The van der Waals surface area contributed by atoms with Crippen molar-refractivity contribution in [2.24, 2.45) is 0 Å². The molecule has 0 radical (unpaired) electrons. The molecule has 2 aromatic carbocycles.